The number of amides is 2. The molecule has 0 spiro atoms. The van der Waals surface area contributed by atoms with E-state index in [2.05, 4.69) is 21.2 Å². The Hall–Kier alpha value is -1.56. The van der Waals surface area contributed by atoms with Crippen molar-refractivity contribution in [2.45, 2.75) is 20.3 Å². The summed E-state index contributed by atoms with van der Waals surface area (Å²) in [6, 6.07) is 5.09. The summed E-state index contributed by atoms with van der Waals surface area (Å²) in [6.45, 7) is 5.54. The predicted molar refractivity (Wildman–Crippen MR) is 83.4 cm³/mol. The summed E-state index contributed by atoms with van der Waals surface area (Å²) in [5, 5.41) is 2.71. The molecule has 0 aliphatic carbocycles. The maximum atomic E-state index is 11.9. The van der Waals surface area contributed by atoms with Crippen molar-refractivity contribution in [1.82, 2.24) is 10.2 Å². The van der Waals surface area contributed by atoms with E-state index in [1.165, 1.54) is 0 Å². The van der Waals surface area contributed by atoms with Gasteiger partial charge >= 0.3 is 0 Å². The van der Waals surface area contributed by atoms with Gasteiger partial charge in [0.1, 0.15) is 0 Å². The number of rotatable bonds is 6. The maximum Gasteiger partial charge on any atom is 0.253 e. The third-order valence-electron chi connectivity index (χ3n) is 3.00. The number of nitrogens with two attached hydrogens (primary N) is 1. The zero-order valence-corrected chi connectivity index (χ0v) is 13.4. The average molecular weight is 342 g/mol. The Morgan fingerprint density at radius 2 is 1.95 bits per heavy atom. The maximum absolute atomic E-state index is 11.9. The van der Waals surface area contributed by atoms with Crippen LogP contribution in [0.15, 0.2) is 22.7 Å². The van der Waals surface area contributed by atoms with Crippen molar-refractivity contribution in [2.24, 2.45) is 0 Å². The molecule has 1 aromatic carbocycles. The van der Waals surface area contributed by atoms with E-state index in [1.807, 2.05) is 13.8 Å². The number of benzene rings is 1. The molecule has 0 saturated carbocycles. The minimum atomic E-state index is -0.262. The van der Waals surface area contributed by atoms with Gasteiger partial charge in [-0.3, -0.25) is 9.59 Å². The zero-order valence-electron chi connectivity index (χ0n) is 11.8. The second-order valence-electron chi connectivity index (χ2n) is 4.30. The number of halogens is 1. The molecule has 110 valence electrons. The van der Waals surface area contributed by atoms with Crippen molar-refractivity contribution in [3.8, 4) is 0 Å². The summed E-state index contributed by atoms with van der Waals surface area (Å²) in [5.74, 6) is -0.221. The molecule has 0 aliphatic heterocycles. The highest BCUT2D eigenvalue weighted by Gasteiger charge is 2.12. The molecule has 20 heavy (non-hydrogen) atoms. The molecule has 2 amide bonds. The van der Waals surface area contributed by atoms with Gasteiger partial charge in [-0.2, -0.15) is 0 Å². The highest BCUT2D eigenvalue weighted by Crippen LogP contribution is 2.18. The van der Waals surface area contributed by atoms with Gasteiger partial charge in [0.2, 0.25) is 5.91 Å². The van der Waals surface area contributed by atoms with Gasteiger partial charge in [-0.15, -0.1) is 0 Å². The lowest BCUT2D eigenvalue weighted by Gasteiger charge is -2.18. The molecular weight excluding hydrogens is 322 g/mol. The number of hydrogen-bond donors (Lipinski definition) is 2. The van der Waals surface area contributed by atoms with Gasteiger partial charge in [-0.1, -0.05) is 15.9 Å². The van der Waals surface area contributed by atoms with Gasteiger partial charge < -0.3 is 16.0 Å². The van der Waals surface area contributed by atoms with Crippen molar-refractivity contribution in [3.63, 3.8) is 0 Å². The third-order valence-corrected chi connectivity index (χ3v) is 3.49. The smallest absolute Gasteiger partial charge is 0.253 e. The van der Waals surface area contributed by atoms with Crippen molar-refractivity contribution in [1.29, 1.82) is 0 Å². The molecule has 6 heteroatoms. The summed E-state index contributed by atoms with van der Waals surface area (Å²) in [7, 11) is 0. The normalized spacial score (nSPS) is 10.2. The van der Waals surface area contributed by atoms with Crippen LogP contribution in [0.5, 0.6) is 0 Å². The minimum absolute atomic E-state index is 0.0408. The minimum Gasteiger partial charge on any atom is -0.398 e. The fraction of sp³-hybridized carbons (Fsp3) is 0.429. The molecule has 0 bridgehead atoms. The first-order chi connectivity index (χ1) is 9.49. The highest BCUT2D eigenvalue weighted by atomic mass is 79.9. The second kappa shape index (κ2) is 7.89. The molecule has 0 unspecified atom stereocenters. The van der Waals surface area contributed by atoms with Crippen LogP contribution in [0, 0.1) is 0 Å². The fourth-order valence-electron chi connectivity index (χ4n) is 1.85. The van der Waals surface area contributed by atoms with E-state index in [0.717, 1.165) is 4.47 Å². The van der Waals surface area contributed by atoms with Crippen LogP contribution in [0.4, 0.5) is 5.69 Å². The fourth-order valence-corrected chi connectivity index (χ4v) is 2.23. The molecule has 0 radical (unpaired) electrons. The Morgan fingerprint density at radius 1 is 1.30 bits per heavy atom. The van der Waals surface area contributed by atoms with Crippen LogP contribution in [0.25, 0.3) is 0 Å². The van der Waals surface area contributed by atoms with Crippen molar-refractivity contribution in [2.75, 3.05) is 25.4 Å². The number of carbonyl (C=O) groups is 2. The highest BCUT2D eigenvalue weighted by molar-refractivity contribution is 9.10. The summed E-state index contributed by atoms with van der Waals surface area (Å²) in [4.78, 5) is 25.5. The molecule has 0 atom stereocenters. The van der Waals surface area contributed by atoms with Crippen LogP contribution in [-0.4, -0.2) is 36.3 Å². The number of nitrogens with zero attached hydrogens (tertiary/aromatic N) is 1. The van der Waals surface area contributed by atoms with Gasteiger partial charge in [0, 0.05) is 36.2 Å². The molecular formula is C14H20BrN3O2. The standard InChI is InChI=1S/C14H20BrN3O2/c1-3-18(4-2)13(19)7-8-17-14(20)11-6-5-10(15)9-12(11)16/h5-6,9H,3-4,7-8,16H2,1-2H3,(H,17,20). The van der Waals surface area contributed by atoms with E-state index in [-0.39, 0.29) is 11.8 Å². The number of hydrogen-bond acceptors (Lipinski definition) is 3. The molecule has 5 nitrogen and oxygen atoms in total. The van der Waals surface area contributed by atoms with Gasteiger partial charge in [-0.05, 0) is 32.0 Å². The Kier molecular flexibility index (Phi) is 6.51. The Labute approximate surface area is 127 Å². The predicted octanol–water partition coefficient (Wildman–Crippen LogP) is 2.02. The van der Waals surface area contributed by atoms with Crippen molar-refractivity contribution >= 4 is 33.4 Å². The number of carbonyl (C=O) groups excluding carboxylic acids is 2. The SMILES string of the molecule is CCN(CC)C(=O)CCNC(=O)c1ccc(Br)cc1N. The first-order valence-electron chi connectivity index (χ1n) is 6.60. The van der Waals surface area contributed by atoms with E-state index in [9.17, 15) is 9.59 Å². The Bertz CT molecular complexity index is 487. The van der Waals surface area contributed by atoms with E-state index in [4.69, 9.17) is 5.73 Å². The van der Waals surface area contributed by atoms with Gasteiger partial charge in [0.15, 0.2) is 0 Å². The largest absolute Gasteiger partial charge is 0.398 e. The summed E-state index contributed by atoms with van der Waals surface area (Å²) in [5.41, 5.74) is 6.61. The Balaban J connectivity index is 2.50. The van der Waals surface area contributed by atoms with E-state index in [0.29, 0.717) is 37.3 Å². The van der Waals surface area contributed by atoms with Crippen LogP contribution in [0.1, 0.15) is 30.6 Å². The molecule has 1 rings (SSSR count). The van der Waals surface area contributed by atoms with Crippen molar-refractivity contribution < 1.29 is 9.59 Å². The summed E-state index contributed by atoms with van der Waals surface area (Å²) >= 11 is 3.29. The summed E-state index contributed by atoms with van der Waals surface area (Å²) in [6.07, 6.45) is 0.295. The molecule has 0 aliphatic rings. The van der Waals surface area contributed by atoms with E-state index < -0.39 is 0 Å². The van der Waals surface area contributed by atoms with E-state index >= 15 is 0 Å². The topological polar surface area (TPSA) is 75.4 Å². The first-order valence-corrected chi connectivity index (χ1v) is 7.39. The van der Waals surface area contributed by atoms with Crippen molar-refractivity contribution in [3.05, 3.63) is 28.2 Å². The average Bonchev–Trinajstić information content (AvgIpc) is 2.39. The van der Waals surface area contributed by atoms with Crippen LogP contribution in [-0.2, 0) is 4.79 Å². The number of anilines is 1. The second-order valence-corrected chi connectivity index (χ2v) is 5.22. The lowest BCUT2D eigenvalue weighted by atomic mass is 10.1. The molecule has 0 aromatic heterocycles. The first kappa shape index (κ1) is 16.5. The molecule has 0 fully saturated rings. The van der Waals surface area contributed by atoms with Gasteiger partial charge in [0.25, 0.3) is 5.91 Å². The van der Waals surface area contributed by atoms with Crippen LogP contribution < -0.4 is 11.1 Å². The zero-order chi connectivity index (χ0) is 15.1. The van der Waals surface area contributed by atoms with Gasteiger partial charge in [-0.25, -0.2) is 0 Å². The van der Waals surface area contributed by atoms with Gasteiger partial charge in [0.05, 0.1) is 5.56 Å². The molecule has 0 saturated heterocycles. The lowest BCUT2D eigenvalue weighted by Crippen LogP contribution is -2.34. The summed E-state index contributed by atoms with van der Waals surface area (Å²) < 4.78 is 0.822. The molecule has 0 heterocycles. The molecule has 1 aromatic rings. The van der Waals surface area contributed by atoms with Crippen LogP contribution in [0.3, 0.4) is 0 Å². The quantitative estimate of drug-likeness (QED) is 0.777. The van der Waals surface area contributed by atoms with Crippen LogP contribution in [0.2, 0.25) is 0 Å². The lowest BCUT2D eigenvalue weighted by molar-refractivity contribution is -0.130. The van der Waals surface area contributed by atoms with E-state index in [1.54, 1.807) is 23.1 Å². The number of nitrogens with one attached hydrogen (secondary N) is 1. The Morgan fingerprint density at radius 3 is 2.50 bits per heavy atom. The number of nitrogen functional groups attached to an aromatic ring is 1. The monoisotopic (exact) mass is 341 g/mol. The molecule has 3 N–H and O–H groups in total. The van der Waals surface area contributed by atoms with Crippen LogP contribution >= 0.6 is 15.9 Å². The third kappa shape index (κ3) is 4.52.